The minimum absolute atomic E-state index is 0.754. The number of anilines is 1. The highest BCUT2D eigenvalue weighted by Crippen LogP contribution is 2.22. The molecule has 0 fully saturated rings. The molecule has 4 nitrogen and oxygen atoms in total. The second kappa shape index (κ2) is 5.89. The maximum Gasteiger partial charge on any atom is 0.134 e. The summed E-state index contributed by atoms with van der Waals surface area (Å²) in [6.45, 7) is 4.54. The van der Waals surface area contributed by atoms with E-state index in [4.69, 9.17) is 0 Å². The molecule has 0 aliphatic carbocycles. The Kier molecular flexibility index (Phi) is 3.98. The quantitative estimate of drug-likeness (QED) is 0.907. The zero-order valence-corrected chi connectivity index (χ0v) is 13.0. The van der Waals surface area contributed by atoms with Gasteiger partial charge in [-0.15, -0.1) is 0 Å². The van der Waals surface area contributed by atoms with Crippen molar-refractivity contribution in [2.24, 2.45) is 0 Å². The zero-order chi connectivity index (χ0) is 13.9. The number of aromatic nitrogens is 2. The number of aryl methyl sites for hydroxylation is 1. The number of nitrogens with zero attached hydrogens (tertiary/aromatic N) is 2. The summed E-state index contributed by atoms with van der Waals surface area (Å²) >= 11 is 3.57. The van der Waals surface area contributed by atoms with Crippen LogP contribution in [-0.4, -0.2) is 16.5 Å². The molecule has 1 aliphatic heterocycles. The van der Waals surface area contributed by atoms with Crippen LogP contribution >= 0.6 is 15.9 Å². The van der Waals surface area contributed by atoms with Gasteiger partial charge >= 0.3 is 0 Å². The number of benzene rings is 1. The van der Waals surface area contributed by atoms with Crippen LogP contribution in [0, 0.1) is 6.92 Å². The van der Waals surface area contributed by atoms with Gasteiger partial charge in [0.1, 0.15) is 11.6 Å². The van der Waals surface area contributed by atoms with Crippen LogP contribution in [0.4, 0.5) is 5.82 Å². The summed E-state index contributed by atoms with van der Waals surface area (Å²) in [5.74, 6) is 1.79. The van der Waals surface area contributed by atoms with E-state index in [2.05, 4.69) is 48.7 Å². The predicted octanol–water partition coefficient (Wildman–Crippen LogP) is 2.81. The van der Waals surface area contributed by atoms with Crippen molar-refractivity contribution in [2.45, 2.75) is 26.4 Å². The molecule has 1 aliphatic rings. The maximum atomic E-state index is 4.55. The molecule has 1 aromatic heterocycles. The van der Waals surface area contributed by atoms with E-state index >= 15 is 0 Å². The van der Waals surface area contributed by atoms with Gasteiger partial charge in [-0.2, -0.15) is 0 Å². The third kappa shape index (κ3) is 2.83. The first-order valence-corrected chi connectivity index (χ1v) is 7.58. The van der Waals surface area contributed by atoms with Crippen molar-refractivity contribution in [3.8, 4) is 0 Å². The molecule has 0 unspecified atom stereocenters. The fraction of sp³-hybridized carbons (Fsp3) is 0.333. The molecule has 0 spiro atoms. The first kappa shape index (κ1) is 13.5. The lowest BCUT2D eigenvalue weighted by Crippen LogP contribution is -2.26. The highest BCUT2D eigenvalue weighted by Gasteiger charge is 2.16. The SMILES string of the molecule is Cc1nc2c(c(NCc3ccccc3Br)n1)CNCC2. The van der Waals surface area contributed by atoms with E-state index < -0.39 is 0 Å². The summed E-state index contributed by atoms with van der Waals surface area (Å²) in [7, 11) is 0. The Morgan fingerprint density at radius 2 is 2.15 bits per heavy atom. The zero-order valence-electron chi connectivity index (χ0n) is 11.4. The molecule has 0 radical (unpaired) electrons. The largest absolute Gasteiger partial charge is 0.366 e. The van der Waals surface area contributed by atoms with Crippen molar-refractivity contribution < 1.29 is 0 Å². The Morgan fingerprint density at radius 1 is 1.30 bits per heavy atom. The first-order chi connectivity index (χ1) is 9.74. The van der Waals surface area contributed by atoms with Crippen LogP contribution in [0.5, 0.6) is 0 Å². The Labute approximate surface area is 127 Å². The number of hydrogen-bond donors (Lipinski definition) is 2. The molecule has 1 aromatic carbocycles. The Morgan fingerprint density at radius 3 is 3.00 bits per heavy atom. The standard InChI is InChI=1S/C15H17BrN4/c1-10-19-14-6-7-17-9-12(14)15(20-10)18-8-11-4-2-3-5-13(11)16/h2-5,17H,6-9H2,1H3,(H,18,19,20). The number of hydrogen-bond acceptors (Lipinski definition) is 4. The summed E-state index contributed by atoms with van der Waals surface area (Å²) in [4.78, 5) is 9.10. The number of fused-ring (bicyclic) bond motifs is 1. The molecule has 2 aromatic rings. The molecular formula is C15H17BrN4. The molecule has 5 heteroatoms. The van der Waals surface area contributed by atoms with Gasteiger partial charge in [0.25, 0.3) is 0 Å². The molecule has 0 saturated heterocycles. The van der Waals surface area contributed by atoms with Crippen molar-refractivity contribution in [3.05, 3.63) is 51.4 Å². The number of nitrogens with one attached hydrogen (secondary N) is 2. The minimum Gasteiger partial charge on any atom is -0.366 e. The van der Waals surface area contributed by atoms with Crippen molar-refractivity contribution in [1.82, 2.24) is 15.3 Å². The van der Waals surface area contributed by atoms with E-state index in [-0.39, 0.29) is 0 Å². The number of halogens is 1. The summed E-state index contributed by atoms with van der Waals surface area (Å²) in [6.07, 6.45) is 0.975. The smallest absolute Gasteiger partial charge is 0.134 e. The van der Waals surface area contributed by atoms with Crippen LogP contribution < -0.4 is 10.6 Å². The van der Waals surface area contributed by atoms with Crippen molar-refractivity contribution in [1.29, 1.82) is 0 Å². The van der Waals surface area contributed by atoms with Crippen LogP contribution in [0.2, 0.25) is 0 Å². The van der Waals surface area contributed by atoms with Gasteiger partial charge in [0.05, 0.1) is 5.69 Å². The average Bonchev–Trinajstić information content (AvgIpc) is 2.46. The summed E-state index contributed by atoms with van der Waals surface area (Å²) in [5, 5.41) is 6.83. The summed E-state index contributed by atoms with van der Waals surface area (Å²) < 4.78 is 1.12. The van der Waals surface area contributed by atoms with E-state index in [0.717, 1.165) is 42.2 Å². The third-order valence-corrected chi connectivity index (χ3v) is 4.22. The van der Waals surface area contributed by atoms with Crippen LogP contribution in [0.3, 0.4) is 0 Å². The van der Waals surface area contributed by atoms with Crippen molar-refractivity contribution >= 4 is 21.7 Å². The molecule has 3 rings (SSSR count). The monoisotopic (exact) mass is 332 g/mol. The van der Waals surface area contributed by atoms with Gasteiger partial charge in [0.2, 0.25) is 0 Å². The van der Waals surface area contributed by atoms with Gasteiger partial charge in [-0.05, 0) is 18.6 Å². The van der Waals surface area contributed by atoms with Crippen LogP contribution in [0.25, 0.3) is 0 Å². The second-order valence-electron chi connectivity index (χ2n) is 4.92. The first-order valence-electron chi connectivity index (χ1n) is 6.78. The van der Waals surface area contributed by atoms with Gasteiger partial charge in [0.15, 0.2) is 0 Å². The molecule has 104 valence electrons. The third-order valence-electron chi connectivity index (χ3n) is 3.45. The van der Waals surface area contributed by atoms with Crippen molar-refractivity contribution in [3.63, 3.8) is 0 Å². The number of rotatable bonds is 3. The van der Waals surface area contributed by atoms with Gasteiger partial charge in [-0.1, -0.05) is 34.1 Å². The van der Waals surface area contributed by atoms with E-state index in [1.165, 1.54) is 16.8 Å². The Balaban J connectivity index is 1.84. The molecule has 0 bridgehead atoms. The summed E-state index contributed by atoms with van der Waals surface area (Å²) in [6, 6.07) is 8.23. The second-order valence-corrected chi connectivity index (χ2v) is 5.77. The fourth-order valence-electron chi connectivity index (χ4n) is 2.43. The Hall–Kier alpha value is -1.46. The molecule has 0 amide bonds. The van der Waals surface area contributed by atoms with Gasteiger partial charge in [-0.3, -0.25) is 0 Å². The predicted molar refractivity (Wildman–Crippen MR) is 83.6 cm³/mol. The van der Waals surface area contributed by atoms with Crippen LogP contribution in [0.15, 0.2) is 28.7 Å². The van der Waals surface area contributed by atoms with Crippen LogP contribution in [-0.2, 0) is 19.5 Å². The van der Waals surface area contributed by atoms with Gasteiger partial charge < -0.3 is 10.6 Å². The molecular weight excluding hydrogens is 316 g/mol. The molecule has 0 saturated carbocycles. The van der Waals surface area contributed by atoms with Gasteiger partial charge in [0, 0.05) is 36.1 Å². The fourth-order valence-corrected chi connectivity index (χ4v) is 2.86. The van der Waals surface area contributed by atoms with Crippen molar-refractivity contribution in [2.75, 3.05) is 11.9 Å². The Bertz CT molecular complexity index is 627. The maximum absolute atomic E-state index is 4.55. The topological polar surface area (TPSA) is 49.8 Å². The van der Waals surface area contributed by atoms with Crippen LogP contribution in [0.1, 0.15) is 22.6 Å². The minimum atomic E-state index is 0.754. The highest BCUT2D eigenvalue weighted by atomic mass is 79.9. The molecule has 0 atom stereocenters. The van der Waals surface area contributed by atoms with E-state index in [9.17, 15) is 0 Å². The van der Waals surface area contributed by atoms with E-state index in [0.29, 0.717) is 0 Å². The lowest BCUT2D eigenvalue weighted by molar-refractivity contribution is 0.624. The molecule has 20 heavy (non-hydrogen) atoms. The lowest BCUT2D eigenvalue weighted by Gasteiger charge is -2.20. The molecule has 2 N–H and O–H groups in total. The highest BCUT2D eigenvalue weighted by molar-refractivity contribution is 9.10. The lowest BCUT2D eigenvalue weighted by atomic mass is 10.1. The van der Waals surface area contributed by atoms with Gasteiger partial charge in [-0.25, -0.2) is 9.97 Å². The molecule has 2 heterocycles. The van der Waals surface area contributed by atoms with E-state index in [1.54, 1.807) is 0 Å². The normalized spacial score (nSPS) is 13.9. The summed E-state index contributed by atoms with van der Waals surface area (Å²) in [5.41, 5.74) is 3.60. The average molecular weight is 333 g/mol. The van der Waals surface area contributed by atoms with E-state index in [1.807, 2.05) is 19.1 Å².